The molecule has 1 fully saturated rings. The van der Waals surface area contributed by atoms with Crippen LogP contribution in [0.4, 0.5) is 0 Å². The van der Waals surface area contributed by atoms with E-state index in [1.165, 1.54) is 46.1 Å². The van der Waals surface area contributed by atoms with Crippen molar-refractivity contribution < 1.29 is 0 Å². The van der Waals surface area contributed by atoms with Crippen LogP contribution in [0.3, 0.4) is 0 Å². The van der Waals surface area contributed by atoms with Crippen LogP contribution in [0.5, 0.6) is 0 Å². The summed E-state index contributed by atoms with van der Waals surface area (Å²) in [6.07, 6.45) is 5.51. The van der Waals surface area contributed by atoms with Gasteiger partial charge >= 0.3 is 0 Å². The van der Waals surface area contributed by atoms with E-state index in [9.17, 15) is 0 Å². The average molecular weight is 321 g/mol. The Morgan fingerprint density at radius 1 is 1.29 bits per heavy atom. The third-order valence-corrected chi connectivity index (χ3v) is 6.69. The zero-order chi connectivity index (χ0) is 14.8. The molecule has 1 aliphatic carbocycles. The monoisotopic (exact) mass is 320 g/mol. The van der Waals surface area contributed by atoms with Gasteiger partial charge in [-0.25, -0.2) is 4.98 Å². The second-order valence-electron chi connectivity index (χ2n) is 6.11. The highest BCUT2D eigenvalue weighted by molar-refractivity contribution is 7.11. The molecule has 3 rings (SSSR count). The Morgan fingerprint density at radius 2 is 2.05 bits per heavy atom. The van der Waals surface area contributed by atoms with Gasteiger partial charge in [-0.2, -0.15) is 0 Å². The normalized spacial score (nSPS) is 19.0. The molecule has 1 N–H and O–H groups in total. The average Bonchev–Trinajstić information content (AvgIpc) is 3.17. The van der Waals surface area contributed by atoms with E-state index >= 15 is 0 Å². The van der Waals surface area contributed by atoms with Crippen LogP contribution in [-0.2, 0) is 0 Å². The summed E-state index contributed by atoms with van der Waals surface area (Å²) in [5, 5.41) is 7.28. The Balaban J connectivity index is 1.79. The van der Waals surface area contributed by atoms with Crippen LogP contribution in [0.1, 0.15) is 65.1 Å². The minimum atomic E-state index is 0.379. The maximum Gasteiger partial charge on any atom is 0.0900 e. The Kier molecular flexibility index (Phi) is 4.77. The molecular formula is C17H24N2S2. The number of nitrogens with one attached hydrogen (secondary N) is 1. The molecule has 0 aliphatic heterocycles. The molecule has 0 spiro atoms. The fourth-order valence-corrected chi connectivity index (χ4v) is 5.32. The second-order valence-corrected chi connectivity index (χ2v) is 8.32. The van der Waals surface area contributed by atoms with E-state index in [1.54, 1.807) is 0 Å². The Hall–Kier alpha value is -0.710. The first-order chi connectivity index (χ1) is 10.1. The molecule has 0 radical (unpaired) electrons. The molecule has 0 aromatic carbocycles. The van der Waals surface area contributed by atoms with Crippen molar-refractivity contribution in [3.05, 3.63) is 38.0 Å². The van der Waals surface area contributed by atoms with E-state index in [4.69, 9.17) is 0 Å². The fraction of sp³-hybridized carbons (Fsp3) is 0.588. The van der Waals surface area contributed by atoms with Crippen molar-refractivity contribution in [3.8, 4) is 0 Å². The van der Waals surface area contributed by atoms with Gasteiger partial charge in [0.15, 0.2) is 0 Å². The Labute approximate surface area is 135 Å². The molecule has 2 heterocycles. The first kappa shape index (κ1) is 15.2. The summed E-state index contributed by atoms with van der Waals surface area (Å²) in [7, 11) is 0. The number of rotatable bonds is 5. The van der Waals surface area contributed by atoms with Crippen molar-refractivity contribution >= 4 is 22.7 Å². The van der Waals surface area contributed by atoms with Crippen LogP contribution in [0, 0.1) is 19.8 Å². The molecule has 21 heavy (non-hydrogen) atoms. The first-order valence-corrected chi connectivity index (χ1v) is 9.58. The lowest BCUT2D eigenvalue weighted by Crippen LogP contribution is -2.29. The Morgan fingerprint density at radius 3 is 2.62 bits per heavy atom. The fourth-order valence-electron chi connectivity index (χ4n) is 3.50. The zero-order valence-electron chi connectivity index (χ0n) is 13.1. The highest BCUT2D eigenvalue weighted by Gasteiger charge is 2.29. The summed E-state index contributed by atoms with van der Waals surface area (Å²) in [6, 6.07) is 5.35. The number of aryl methyl sites for hydroxylation is 2. The van der Waals surface area contributed by atoms with E-state index in [0.29, 0.717) is 12.1 Å². The smallest absolute Gasteiger partial charge is 0.0900 e. The van der Waals surface area contributed by atoms with Gasteiger partial charge in [-0.05, 0) is 51.0 Å². The van der Waals surface area contributed by atoms with E-state index in [1.807, 2.05) is 22.7 Å². The molecule has 2 atom stereocenters. The van der Waals surface area contributed by atoms with Gasteiger partial charge in [0.1, 0.15) is 0 Å². The molecule has 2 unspecified atom stereocenters. The molecule has 0 saturated heterocycles. The third-order valence-electron chi connectivity index (χ3n) is 4.48. The summed E-state index contributed by atoms with van der Waals surface area (Å²) in [5.41, 5.74) is 1.19. The van der Waals surface area contributed by atoms with Crippen LogP contribution in [0.2, 0.25) is 0 Å². The standard InChI is InChI=1S/C17H24N2S2/c1-11-17(21-13(3)18-11)12(2)19-16(14-7-4-5-8-14)15-9-6-10-20-15/h6,9-10,12,14,16,19H,4-5,7-8H2,1-3H3. The van der Waals surface area contributed by atoms with Crippen molar-refractivity contribution in [2.45, 2.75) is 58.5 Å². The molecule has 1 aliphatic rings. The second kappa shape index (κ2) is 6.59. The summed E-state index contributed by atoms with van der Waals surface area (Å²) in [4.78, 5) is 7.47. The van der Waals surface area contributed by atoms with Gasteiger partial charge in [0.2, 0.25) is 0 Å². The van der Waals surface area contributed by atoms with Crippen LogP contribution in [0.15, 0.2) is 17.5 Å². The van der Waals surface area contributed by atoms with E-state index in [-0.39, 0.29) is 0 Å². The van der Waals surface area contributed by atoms with Crippen LogP contribution in [-0.4, -0.2) is 4.98 Å². The number of thiophene rings is 1. The van der Waals surface area contributed by atoms with E-state index < -0.39 is 0 Å². The molecular weight excluding hydrogens is 296 g/mol. The molecule has 0 amide bonds. The largest absolute Gasteiger partial charge is 0.302 e. The quantitative estimate of drug-likeness (QED) is 0.797. The highest BCUT2D eigenvalue weighted by Crippen LogP contribution is 2.39. The SMILES string of the molecule is Cc1nc(C)c(C(C)NC(c2cccs2)C2CCCC2)s1. The number of hydrogen-bond acceptors (Lipinski definition) is 4. The van der Waals surface area contributed by atoms with Gasteiger partial charge in [-0.15, -0.1) is 22.7 Å². The van der Waals surface area contributed by atoms with Crippen molar-refractivity contribution in [2.24, 2.45) is 5.92 Å². The highest BCUT2D eigenvalue weighted by atomic mass is 32.1. The van der Waals surface area contributed by atoms with E-state index in [2.05, 4.69) is 48.6 Å². The summed E-state index contributed by atoms with van der Waals surface area (Å²) >= 11 is 3.72. The van der Waals surface area contributed by atoms with Crippen LogP contribution in [0.25, 0.3) is 0 Å². The molecule has 1 saturated carbocycles. The predicted molar refractivity (Wildman–Crippen MR) is 92.2 cm³/mol. The van der Waals surface area contributed by atoms with Crippen LogP contribution < -0.4 is 5.32 Å². The van der Waals surface area contributed by atoms with E-state index in [0.717, 1.165) is 5.92 Å². The van der Waals surface area contributed by atoms with Crippen molar-refractivity contribution in [1.29, 1.82) is 0 Å². The number of aromatic nitrogens is 1. The topological polar surface area (TPSA) is 24.9 Å². The van der Waals surface area contributed by atoms with Gasteiger partial charge < -0.3 is 5.32 Å². The van der Waals surface area contributed by atoms with Gasteiger partial charge in [0.25, 0.3) is 0 Å². The third kappa shape index (κ3) is 3.38. The number of hydrogen-bond donors (Lipinski definition) is 1. The van der Waals surface area contributed by atoms with Crippen molar-refractivity contribution in [3.63, 3.8) is 0 Å². The predicted octanol–water partition coefficient (Wildman–Crippen LogP) is 5.40. The minimum absolute atomic E-state index is 0.379. The first-order valence-electron chi connectivity index (χ1n) is 7.88. The minimum Gasteiger partial charge on any atom is -0.302 e. The van der Waals surface area contributed by atoms with Gasteiger partial charge in [-0.3, -0.25) is 0 Å². The lowest BCUT2D eigenvalue weighted by atomic mass is 9.95. The molecule has 2 aromatic heterocycles. The molecule has 0 bridgehead atoms. The van der Waals surface area contributed by atoms with Gasteiger partial charge in [0.05, 0.1) is 10.7 Å². The van der Waals surface area contributed by atoms with Crippen molar-refractivity contribution in [1.82, 2.24) is 10.3 Å². The number of thiazole rings is 1. The van der Waals surface area contributed by atoms with Crippen molar-refractivity contribution in [2.75, 3.05) is 0 Å². The van der Waals surface area contributed by atoms with Gasteiger partial charge in [0, 0.05) is 21.8 Å². The Bertz CT molecular complexity index is 568. The molecule has 4 heteroatoms. The summed E-state index contributed by atoms with van der Waals surface area (Å²) in [6.45, 7) is 6.52. The number of nitrogens with zero attached hydrogens (tertiary/aromatic N) is 1. The van der Waals surface area contributed by atoms with Gasteiger partial charge in [-0.1, -0.05) is 18.9 Å². The van der Waals surface area contributed by atoms with Crippen LogP contribution >= 0.6 is 22.7 Å². The molecule has 114 valence electrons. The summed E-state index contributed by atoms with van der Waals surface area (Å²) < 4.78 is 0. The summed E-state index contributed by atoms with van der Waals surface area (Å²) in [5.74, 6) is 0.792. The lowest BCUT2D eigenvalue weighted by molar-refractivity contribution is 0.344. The zero-order valence-corrected chi connectivity index (χ0v) is 14.7. The molecule has 2 aromatic rings. The lowest BCUT2D eigenvalue weighted by Gasteiger charge is -2.27. The molecule has 2 nitrogen and oxygen atoms in total. The maximum atomic E-state index is 4.58. The maximum absolute atomic E-state index is 4.58.